The van der Waals surface area contributed by atoms with Crippen molar-refractivity contribution in [3.63, 3.8) is 0 Å². The lowest BCUT2D eigenvalue weighted by Gasteiger charge is -2.06. The summed E-state index contributed by atoms with van der Waals surface area (Å²) in [5, 5.41) is 14.8. The van der Waals surface area contributed by atoms with Gasteiger partial charge < -0.3 is 15.9 Å². The molecule has 0 bridgehead atoms. The molecule has 0 aromatic heterocycles. The van der Waals surface area contributed by atoms with Gasteiger partial charge in [0.2, 0.25) is 0 Å². The van der Waals surface area contributed by atoms with E-state index in [0.717, 1.165) is 13.8 Å². The van der Waals surface area contributed by atoms with Crippen LogP contribution in [0.5, 0.6) is 0 Å². The molecule has 0 amide bonds. The van der Waals surface area contributed by atoms with E-state index < -0.39 is 11.9 Å². The molecule has 0 fully saturated rings. The minimum atomic E-state index is -0.833. The van der Waals surface area contributed by atoms with E-state index in [1.54, 1.807) is 0 Å². The third-order valence-electron chi connectivity index (χ3n) is 0. The molecule has 0 spiro atoms. The van der Waals surface area contributed by atoms with Crippen molar-refractivity contribution >= 4 is 11.9 Å². The molecule has 80 valence electrons. The second-order valence-corrected chi connectivity index (χ2v) is 3.40. The first-order valence-electron chi connectivity index (χ1n) is 3.64. The van der Waals surface area contributed by atoms with Crippen LogP contribution in [0.4, 0.5) is 0 Å². The highest BCUT2D eigenvalue weighted by molar-refractivity contribution is 5.63. The lowest BCUT2D eigenvalue weighted by molar-refractivity contribution is -0.135. The molecule has 5 heteroatoms. The second kappa shape index (κ2) is 8.99. The molecule has 0 unspecified atom stereocenters. The first-order chi connectivity index (χ1) is 5.46. The van der Waals surface area contributed by atoms with Gasteiger partial charge >= 0.3 is 0 Å². The van der Waals surface area contributed by atoms with E-state index in [9.17, 15) is 0 Å². The first kappa shape index (κ1) is 17.8. The zero-order valence-electron chi connectivity index (χ0n) is 8.79. The standard InChI is InChI=1S/C4H11N.2C2H4O2/c1-4(2,3)5;2*1-2(3)4/h5H2,1-3H3;2*1H3,(H,3,4). The van der Waals surface area contributed by atoms with E-state index >= 15 is 0 Å². The highest BCUT2D eigenvalue weighted by atomic mass is 16.4. The van der Waals surface area contributed by atoms with Crippen molar-refractivity contribution in [1.82, 2.24) is 0 Å². The lowest BCUT2D eigenvalue weighted by Crippen LogP contribution is -2.26. The Morgan fingerprint density at radius 1 is 1.00 bits per heavy atom. The maximum Gasteiger partial charge on any atom is 0.300 e. The van der Waals surface area contributed by atoms with Gasteiger partial charge in [-0.1, -0.05) is 0 Å². The van der Waals surface area contributed by atoms with Gasteiger partial charge in [0, 0.05) is 19.4 Å². The van der Waals surface area contributed by atoms with Crippen LogP contribution < -0.4 is 5.73 Å². The van der Waals surface area contributed by atoms with Crippen LogP contribution in [0.25, 0.3) is 0 Å². The molecule has 5 nitrogen and oxygen atoms in total. The van der Waals surface area contributed by atoms with Crippen LogP contribution in [-0.2, 0) is 9.59 Å². The number of carboxylic acids is 2. The molecule has 13 heavy (non-hydrogen) atoms. The molecule has 0 aliphatic heterocycles. The van der Waals surface area contributed by atoms with E-state index in [1.165, 1.54) is 0 Å². The number of carbonyl (C=O) groups is 2. The van der Waals surface area contributed by atoms with E-state index in [1.807, 2.05) is 20.8 Å². The van der Waals surface area contributed by atoms with Gasteiger partial charge in [0.15, 0.2) is 0 Å². The molecular formula is C8H19NO4. The van der Waals surface area contributed by atoms with Crippen molar-refractivity contribution < 1.29 is 19.8 Å². The average molecular weight is 193 g/mol. The summed E-state index contributed by atoms with van der Waals surface area (Å²) < 4.78 is 0. The number of aliphatic carboxylic acids is 2. The van der Waals surface area contributed by atoms with Gasteiger partial charge in [-0.3, -0.25) is 9.59 Å². The number of hydrogen-bond donors (Lipinski definition) is 3. The molecule has 0 aliphatic rings. The van der Waals surface area contributed by atoms with Crippen molar-refractivity contribution in [1.29, 1.82) is 0 Å². The van der Waals surface area contributed by atoms with E-state index in [0.29, 0.717) is 0 Å². The van der Waals surface area contributed by atoms with Crippen LogP contribution in [0, 0.1) is 0 Å². The Bertz CT molecular complexity index is 123. The lowest BCUT2D eigenvalue weighted by atomic mass is 10.1. The van der Waals surface area contributed by atoms with Gasteiger partial charge in [-0.05, 0) is 20.8 Å². The van der Waals surface area contributed by atoms with Gasteiger partial charge in [0.1, 0.15) is 0 Å². The zero-order chi connectivity index (χ0) is 11.7. The molecule has 0 radical (unpaired) electrons. The van der Waals surface area contributed by atoms with Gasteiger partial charge in [0.25, 0.3) is 11.9 Å². The fraction of sp³-hybridized carbons (Fsp3) is 0.750. The second-order valence-electron chi connectivity index (χ2n) is 3.40. The molecule has 0 aromatic carbocycles. The summed E-state index contributed by atoms with van der Waals surface area (Å²) in [7, 11) is 0. The molecule has 4 N–H and O–H groups in total. The zero-order valence-corrected chi connectivity index (χ0v) is 8.79. The molecule has 0 rings (SSSR count). The molecule has 0 aromatic rings. The normalized spacial score (nSPS) is 8.46. The molecule has 0 atom stereocenters. The highest BCUT2D eigenvalue weighted by Gasteiger charge is 1.95. The molecule has 0 saturated carbocycles. The summed E-state index contributed by atoms with van der Waals surface area (Å²) >= 11 is 0. The van der Waals surface area contributed by atoms with Gasteiger partial charge in [0.05, 0.1) is 0 Å². The molecular weight excluding hydrogens is 174 g/mol. The predicted molar refractivity (Wildman–Crippen MR) is 50.6 cm³/mol. The van der Waals surface area contributed by atoms with Crippen molar-refractivity contribution in [3.05, 3.63) is 0 Å². The maximum absolute atomic E-state index is 9.00. The predicted octanol–water partition coefficient (Wildman–Crippen LogP) is 0.925. The average Bonchev–Trinajstić information content (AvgIpc) is 1.50. The van der Waals surface area contributed by atoms with Crippen LogP contribution in [0.3, 0.4) is 0 Å². The summed E-state index contributed by atoms with van der Waals surface area (Å²) in [6.45, 7) is 8.06. The minimum Gasteiger partial charge on any atom is -0.481 e. The Balaban J connectivity index is -0.000000117. The van der Waals surface area contributed by atoms with E-state index in [4.69, 9.17) is 25.5 Å². The third-order valence-corrected chi connectivity index (χ3v) is 0. The van der Waals surface area contributed by atoms with Crippen molar-refractivity contribution in [2.24, 2.45) is 5.73 Å². The van der Waals surface area contributed by atoms with Crippen LogP contribution in [0.15, 0.2) is 0 Å². The smallest absolute Gasteiger partial charge is 0.300 e. The Kier molecular flexibility index (Phi) is 12.3. The van der Waals surface area contributed by atoms with Crippen LogP contribution in [-0.4, -0.2) is 27.7 Å². The largest absolute Gasteiger partial charge is 0.481 e. The fourth-order valence-corrected chi connectivity index (χ4v) is 0. The molecule has 0 heterocycles. The van der Waals surface area contributed by atoms with Gasteiger partial charge in [-0.2, -0.15) is 0 Å². The summed E-state index contributed by atoms with van der Waals surface area (Å²) in [5.41, 5.74) is 5.35. The Labute approximate surface area is 78.6 Å². The first-order valence-corrected chi connectivity index (χ1v) is 3.64. The topological polar surface area (TPSA) is 101 Å². The van der Waals surface area contributed by atoms with Gasteiger partial charge in [-0.15, -0.1) is 0 Å². The Morgan fingerprint density at radius 2 is 1.00 bits per heavy atom. The van der Waals surface area contributed by atoms with Gasteiger partial charge in [-0.25, -0.2) is 0 Å². The number of nitrogens with two attached hydrogens (primary N) is 1. The van der Waals surface area contributed by atoms with Crippen molar-refractivity contribution in [3.8, 4) is 0 Å². The highest BCUT2D eigenvalue weighted by Crippen LogP contribution is 1.88. The molecule has 0 aliphatic carbocycles. The summed E-state index contributed by atoms with van der Waals surface area (Å²) in [6, 6.07) is 0. The minimum absolute atomic E-state index is 0. The van der Waals surface area contributed by atoms with E-state index in [-0.39, 0.29) is 5.54 Å². The number of hydrogen-bond acceptors (Lipinski definition) is 3. The molecule has 0 saturated heterocycles. The van der Waals surface area contributed by atoms with Crippen LogP contribution in [0.1, 0.15) is 34.6 Å². The van der Waals surface area contributed by atoms with Crippen molar-refractivity contribution in [2.75, 3.05) is 0 Å². The number of rotatable bonds is 0. The Morgan fingerprint density at radius 3 is 1.00 bits per heavy atom. The SMILES string of the molecule is CC(=O)O.CC(=O)O.CC(C)(C)N. The maximum atomic E-state index is 9.00. The summed E-state index contributed by atoms with van der Waals surface area (Å²) in [5.74, 6) is -1.67. The Hall–Kier alpha value is -1.10. The number of carboxylic acid groups (broad SMARTS) is 2. The monoisotopic (exact) mass is 193 g/mol. The van der Waals surface area contributed by atoms with Crippen molar-refractivity contribution in [2.45, 2.75) is 40.2 Å². The van der Waals surface area contributed by atoms with Crippen LogP contribution in [0.2, 0.25) is 0 Å². The summed E-state index contributed by atoms with van der Waals surface area (Å²) in [4.78, 5) is 18.0. The third kappa shape index (κ3) is 714. The van der Waals surface area contributed by atoms with E-state index in [2.05, 4.69) is 0 Å². The fourth-order valence-electron chi connectivity index (χ4n) is 0. The quantitative estimate of drug-likeness (QED) is 0.531. The summed E-state index contributed by atoms with van der Waals surface area (Å²) in [6.07, 6.45) is 0. The van der Waals surface area contributed by atoms with Crippen LogP contribution >= 0.6 is 0 Å².